The van der Waals surface area contributed by atoms with E-state index in [-0.39, 0.29) is 0 Å². The molecule has 1 aromatic rings. The first-order valence-electron chi connectivity index (χ1n) is 6.55. The molecule has 0 bridgehead atoms. The SMILES string of the molecule is CCc1cc(N)cc(Br)c1NC1CCCCC1. The van der Waals surface area contributed by atoms with Crippen LogP contribution in [0.2, 0.25) is 0 Å². The molecular weight excluding hydrogens is 276 g/mol. The zero-order chi connectivity index (χ0) is 12.3. The summed E-state index contributed by atoms with van der Waals surface area (Å²) in [5.74, 6) is 0. The van der Waals surface area contributed by atoms with Crippen molar-refractivity contribution in [3.63, 3.8) is 0 Å². The zero-order valence-corrected chi connectivity index (χ0v) is 12.0. The molecule has 0 aliphatic heterocycles. The highest BCUT2D eigenvalue weighted by atomic mass is 79.9. The standard InChI is InChI=1S/C14H21BrN2/c1-2-10-8-11(16)9-13(15)14(10)17-12-6-4-3-5-7-12/h8-9,12,17H,2-7,16H2,1H3. The third-order valence-electron chi connectivity index (χ3n) is 3.53. The summed E-state index contributed by atoms with van der Waals surface area (Å²) in [6.45, 7) is 2.17. The summed E-state index contributed by atoms with van der Waals surface area (Å²) < 4.78 is 1.10. The maximum Gasteiger partial charge on any atom is 0.0520 e. The Morgan fingerprint density at radius 3 is 2.65 bits per heavy atom. The highest BCUT2D eigenvalue weighted by molar-refractivity contribution is 9.10. The van der Waals surface area contributed by atoms with Crippen molar-refractivity contribution in [2.75, 3.05) is 11.1 Å². The van der Waals surface area contributed by atoms with Crippen LogP contribution in [-0.2, 0) is 6.42 Å². The molecule has 0 atom stereocenters. The lowest BCUT2D eigenvalue weighted by molar-refractivity contribution is 0.462. The molecule has 17 heavy (non-hydrogen) atoms. The van der Waals surface area contributed by atoms with Crippen LogP contribution >= 0.6 is 15.9 Å². The quantitative estimate of drug-likeness (QED) is 0.815. The molecule has 94 valence electrons. The van der Waals surface area contributed by atoms with Crippen molar-refractivity contribution < 1.29 is 0 Å². The second-order valence-electron chi connectivity index (χ2n) is 4.87. The Bertz CT molecular complexity index is 384. The van der Waals surface area contributed by atoms with Crippen LogP contribution in [0.3, 0.4) is 0 Å². The molecule has 0 amide bonds. The highest BCUT2D eigenvalue weighted by Gasteiger charge is 2.16. The Labute approximate surface area is 112 Å². The topological polar surface area (TPSA) is 38.0 Å². The van der Waals surface area contributed by atoms with Gasteiger partial charge in [0.15, 0.2) is 0 Å². The molecule has 0 aromatic heterocycles. The van der Waals surface area contributed by atoms with Crippen molar-refractivity contribution in [1.29, 1.82) is 0 Å². The smallest absolute Gasteiger partial charge is 0.0520 e. The Hall–Kier alpha value is -0.700. The van der Waals surface area contributed by atoms with Crippen LogP contribution in [0.4, 0.5) is 11.4 Å². The summed E-state index contributed by atoms with van der Waals surface area (Å²) in [6.07, 6.45) is 7.69. The molecule has 1 fully saturated rings. The Morgan fingerprint density at radius 1 is 1.29 bits per heavy atom. The zero-order valence-electron chi connectivity index (χ0n) is 10.4. The minimum absolute atomic E-state index is 0.633. The molecule has 0 saturated heterocycles. The highest BCUT2D eigenvalue weighted by Crippen LogP contribution is 2.32. The molecule has 0 unspecified atom stereocenters. The predicted molar refractivity (Wildman–Crippen MR) is 78.4 cm³/mol. The van der Waals surface area contributed by atoms with Crippen LogP contribution in [0.5, 0.6) is 0 Å². The van der Waals surface area contributed by atoms with E-state index in [0.29, 0.717) is 6.04 Å². The van der Waals surface area contributed by atoms with E-state index in [1.807, 2.05) is 6.07 Å². The van der Waals surface area contributed by atoms with E-state index in [9.17, 15) is 0 Å². The molecule has 1 aliphatic carbocycles. The second-order valence-corrected chi connectivity index (χ2v) is 5.72. The Balaban J connectivity index is 2.18. The van der Waals surface area contributed by atoms with Crippen LogP contribution < -0.4 is 11.1 Å². The van der Waals surface area contributed by atoms with Gasteiger partial charge in [0.25, 0.3) is 0 Å². The van der Waals surface area contributed by atoms with Crippen LogP contribution in [-0.4, -0.2) is 6.04 Å². The molecule has 2 nitrogen and oxygen atoms in total. The van der Waals surface area contributed by atoms with E-state index in [1.54, 1.807) is 0 Å². The van der Waals surface area contributed by atoms with Gasteiger partial charge in [0.1, 0.15) is 0 Å². The van der Waals surface area contributed by atoms with Crippen molar-refractivity contribution in [3.05, 3.63) is 22.2 Å². The van der Waals surface area contributed by atoms with Gasteiger partial charge in [0, 0.05) is 16.2 Å². The summed E-state index contributed by atoms with van der Waals surface area (Å²) in [5, 5.41) is 3.69. The van der Waals surface area contributed by atoms with Crippen LogP contribution in [0, 0.1) is 0 Å². The minimum atomic E-state index is 0.633. The summed E-state index contributed by atoms with van der Waals surface area (Å²) in [6, 6.07) is 4.70. The summed E-state index contributed by atoms with van der Waals surface area (Å²) in [4.78, 5) is 0. The Kier molecular flexibility index (Phi) is 4.32. The number of nitrogen functional groups attached to an aromatic ring is 1. The first-order valence-corrected chi connectivity index (χ1v) is 7.34. The first-order chi connectivity index (χ1) is 8.20. The maximum absolute atomic E-state index is 5.88. The molecule has 0 spiro atoms. The molecule has 0 radical (unpaired) electrons. The fraction of sp³-hybridized carbons (Fsp3) is 0.571. The van der Waals surface area contributed by atoms with Crippen molar-refractivity contribution in [1.82, 2.24) is 0 Å². The van der Waals surface area contributed by atoms with Crippen molar-refractivity contribution in [3.8, 4) is 0 Å². The first kappa shape index (κ1) is 12.7. The number of rotatable bonds is 3. The van der Waals surface area contributed by atoms with Gasteiger partial charge in [0.2, 0.25) is 0 Å². The van der Waals surface area contributed by atoms with Crippen molar-refractivity contribution in [2.45, 2.75) is 51.5 Å². The van der Waals surface area contributed by atoms with Crippen LogP contribution in [0.1, 0.15) is 44.6 Å². The van der Waals surface area contributed by atoms with Crippen molar-refractivity contribution in [2.24, 2.45) is 0 Å². The maximum atomic E-state index is 5.88. The molecule has 3 N–H and O–H groups in total. The Morgan fingerprint density at radius 2 is 2.00 bits per heavy atom. The van der Waals surface area contributed by atoms with Crippen LogP contribution in [0.15, 0.2) is 16.6 Å². The lowest BCUT2D eigenvalue weighted by atomic mass is 9.95. The largest absolute Gasteiger partial charge is 0.399 e. The number of hydrogen-bond acceptors (Lipinski definition) is 2. The van der Waals surface area contributed by atoms with Gasteiger partial charge in [-0.05, 0) is 52.9 Å². The molecule has 1 aromatic carbocycles. The number of benzene rings is 1. The summed E-state index contributed by atoms with van der Waals surface area (Å²) in [5.41, 5.74) is 9.27. The van der Waals surface area contributed by atoms with Gasteiger partial charge >= 0.3 is 0 Å². The molecule has 0 heterocycles. The number of nitrogens with two attached hydrogens (primary N) is 1. The minimum Gasteiger partial charge on any atom is -0.399 e. The van der Waals surface area contributed by atoms with E-state index in [4.69, 9.17) is 5.73 Å². The number of hydrogen-bond donors (Lipinski definition) is 2. The number of halogens is 1. The number of anilines is 2. The van der Waals surface area contributed by atoms with E-state index < -0.39 is 0 Å². The lowest BCUT2D eigenvalue weighted by Crippen LogP contribution is -2.23. The van der Waals surface area contributed by atoms with Gasteiger partial charge in [-0.15, -0.1) is 0 Å². The van der Waals surface area contributed by atoms with E-state index >= 15 is 0 Å². The van der Waals surface area contributed by atoms with Gasteiger partial charge in [-0.25, -0.2) is 0 Å². The van der Waals surface area contributed by atoms with Crippen LogP contribution in [0.25, 0.3) is 0 Å². The van der Waals surface area contributed by atoms with Gasteiger partial charge < -0.3 is 11.1 Å². The van der Waals surface area contributed by atoms with Gasteiger partial charge in [-0.1, -0.05) is 26.2 Å². The van der Waals surface area contributed by atoms with Gasteiger partial charge in [-0.3, -0.25) is 0 Å². The third kappa shape index (κ3) is 3.15. The normalized spacial score (nSPS) is 17.1. The summed E-state index contributed by atoms with van der Waals surface area (Å²) >= 11 is 3.62. The summed E-state index contributed by atoms with van der Waals surface area (Å²) in [7, 11) is 0. The molecule has 1 saturated carbocycles. The number of nitrogens with one attached hydrogen (secondary N) is 1. The van der Waals surface area contributed by atoms with E-state index in [0.717, 1.165) is 16.6 Å². The molecular formula is C14H21BrN2. The predicted octanol–water partition coefficient (Wildman–Crippen LogP) is 4.34. The fourth-order valence-electron chi connectivity index (χ4n) is 2.58. The second kappa shape index (κ2) is 5.76. The average Bonchev–Trinajstić information content (AvgIpc) is 2.33. The van der Waals surface area contributed by atoms with E-state index in [1.165, 1.54) is 43.4 Å². The molecule has 1 aliphatic rings. The number of aryl methyl sites for hydroxylation is 1. The monoisotopic (exact) mass is 296 g/mol. The van der Waals surface area contributed by atoms with E-state index in [2.05, 4.69) is 34.2 Å². The molecule has 3 heteroatoms. The van der Waals surface area contributed by atoms with Crippen molar-refractivity contribution >= 4 is 27.3 Å². The van der Waals surface area contributed by atoms with Gasteiger partial charge in [0.05, 0.1) is 5.69 Å². The third-order valence-corrected chi connectivity index (χ3v) is 4.15. The fourth-order valence-corrected chi connectivity index (χ4v) is 3.21. The lowest BCUT2D eigenvalue weighted by Gasteiger charge is -2.26. The average molecular weight is 297 g/mol. The molecule has 2 rings (SSSR count). The van der Waals surface area contributed by atoms with Gasteiger partial charge in [-0.2, -0.15) is 0 Å².